The van der Waals surface area contributed by atoms with Crippen molar-refractivity contribution in [1.29, 1.82) is 0 Å². The van der Waals surface area contributed by atoms with Crippen molar-refractivity contribution >= 4 is 23.4 Å². The number of nitrogens with zero attached hydrogens (tertiary/aromatic N) is 2. The Morgan fingerprint density at radius 3 is 2.23 bits per heavy atom. The predicted molar refractivity (Wildman–Crippen MR) is 107 cm³/mol. The first-order valence-electron chi connectivity index (χ1n) is 9.53. The number of alkyl halides is 3. The minimum atomic E-state index is -4.57. The normalized spacial score (nSPS) is 14.9. The highest BCUT2D eigenvalue weighted by atomic mass is 19.4. The molecule has 1 aliphatic rings. The lowest BCUT2D eigenvalue weighted by atomic mass is 10.1. The fraction of sp³-hybridized carbons (Fsp3) is 0.286. The summed E-state index contributed by atoms with van der Waals surface area (Å²) >= 11 is 0. The van der Waals surface area contributed by atoms with Gasteiger partial charge in [0.15, 0.2) is 0 Å². The number of benzene rings is 2. The van der Waals surface area contributed by atoms with Gasteiger partial charge in [-0.2, -0.15) is 13.2 Å². The molecular weight excluding hydrogens is 413 g/mol. The molecular formula is C21H21F3N4O3. The highest BCUT2D eigenvalue weighted by Crippen LogP contribution is 2.34. The molecule has 3 N–H and O–H groups in total. The molecule has 0 atom stereocenters. The number of hydrogen-bond donors (Lipinski definition) is 2. The molecule has 0 unspecified atom stereocenters. The standard InChI is InChI=1S/C21H21F3N4O3/c22-21(23,24)16-6-1-2-7-17(16)26-18(29)13-27-8-10-28(11-9-27)20(31)15-5-3-4-14(12-15)19(25)30/h1-7,12H,8-11,13H2,(H2,25,30)(H,26,29). The summed E-state index contributed by atoms with van der Waals surface area (Å²) in [6, 6.07) is 10.9. The smallest absolute Gasteiger partial charge is 0.366 e. The number of piperazine rings is 1. The lowest BCUT2D eigenvalue weighted by Crippen LogP contribution is -2.50. The molecule has 1 fully saturated rings. The van der Waals surface area contributed by atoms with Gasteiger partial charge in [0.05, 0.1) is 17.8 Å². The van der Waals surface area contributed by atoms with Crippen LogP contribution >= 0.6 is 0 Å². The van der Waals surface area contributed by atoms with Gasteiger partial charge in [-0.15, -0.1) is 0 Å². The van der Waals surface area contributed by atoms with E-state index in [4.69, 9.17) is 5.73 Å². The van der Waals surface area contributed by atoms with E-state index >= 15 is 0 Å². The van der Waals surface area contributed by atoms with Crippen LogP contribution in [0.15, 0.2) is 48.5 Å². The van der Waals surface area contributed by atoms with Gasteiger partial charge in [0.1, 0.15) is 0 Å². The van der Waals surface area contributed by atoms with Crippen molar-refractivity contribution in [3.05, 3.63) is 65.2 Å². The maximum absolute atomic E-state index is 13.1. The van der Waals surface area contributed by atoms with Crippen molar-refractivity contribution in [2.45, 2.75) is 6.18 Å². The Morgan fingerprint density at radius 1 is 0.935 bits per heavy atom. The lowest BCUT2D eigenvalue weighted by Gasteiger charge is -2.34. The number of hydrogen-bond acceptors (Lipinski definition) is 4. The summed E-state index contributed by atoms with van der Waals surface area (Å²) in [5, 5.41) is 2.32. The molecule has 3 rings (SSSR count). The fourth-order valence-corrected chi connectivity index (χ4v) is 3.33. The Kier molecular flexibility index (Phi) is 6.59. The number of carbonyl (C=O) groups is 3. The van der Waals surface area contributed by atoms with Crippen LogP contribution in [0.4, 0.5) is 18.9 Å². The second kappa shape index (κ2) is 9.17. The van der Waals surface area contributed by atoms with Crippen LogP contribution in [0.3, 0.4) is 0 Å². The first-order valence-corrected chi connectivity index (χ1v) is 9.53. The summed E-state index contributed by atoms with van der Waals surface area (Å²) in [4.78, 5) is 39.5. The molecule has 1 aliphatic heterocycles. The number of amides is 3. The molecule has 0 saturated carbocycles. The molecule has 10 heteroatoms. The average Bonchev–Trinajstić information content (AvgIpc) is 2.73. The number of rotatable bonds is 5. The summed E-state index contributed by atoms with van der Waals surface area (Å²) in [6.45, 7) is 1.36. The molecule has 1 saturated heterocycles. The summed E-state index contributed by atoms with van der Waals surface area (Å²) in [7, 11) is 0. The summed E-state index contributed by atoms with van der Waals surface area (Å²) in [6.07, 6.45) is -4.57. The van der Waals surface area contributed by atoms with Gasteiger partial charge in [-0.3, -0.25) is 19.3 Å². The number of nitrogens with two attached hydrogens (primary N) is 1. The zero-order valence-corrected chi connectivity index (χ0v) is 16.5. The van der Waals surface area contributed by atoms with Gasteiger partial charge in [0, 0.05) is 37.3 Å². The Balaban J connectivity index is 1.55. The van der Waals surface area contributed by atoms with Crippen LogP contribution in [0.2, 0.25) is 0 Å². The third kappa shape index (κ3) is 5.60. The van der Waals surface area contributed by atoms with Gasteiger partial charge >= 0.3 is 6.18 Å². The monoisotopic (exact) mass is 434 g/mol. The summed E-state index contributed by atoms with van der Waals surface area (Å²) < 4.78 is 39.2. The number of para-hydroxylation sites is 1. The first kappa shape index (κ1) is 22.3. The summed E-state index contributed by atoms with van der Waals surface area (Å²) in [5.74, 6) is -1.45. The summed E-state index contributed by atoms with van der Waals surface area (Å²) in [5.41, 5.74) is 4.62. The molecule has 0 aliphatic carbocycles. The van der Waals surface area contributed by atoms with Gasteiger partial charge in [0.25, 0.3) is 5.91 Å². The number of primary amides is 1. The molecule has 0 spiro atoms. The van der Waals surface area contributed by atoms with Crippen LogP contribution in [0.5, 0.6) is 0 Å². The Hall–Kier alpha value is -3.40. The van der Waals surface area contributed by atoms with E-state index in [9.17, 15) is 27.6 Å². The van der Waals surface area contributed by atoms with Crippen molar-refractivity contribution in [2.75, 3.05) is 38.0 Å². The van der Waals surface area contributed by atoms with E-state index in [1.54, 1.807) is 21.9 Å². The second-order valence-electron chi connectivity index (χ2n) is 7.10. The van der Waals surface area contributed by atoms with Crippen molar-refractivity contribution in [3.63, 3.8) is 0 Å². The minimum Gasteiger partial charge on any atom is -0.366 e. The molecule has 31 heavy (non-hydrogen) atoms. The Bertz CT molecular complexity index is 986. The van der Waals surface area contributed by atoms with Crippen LogP contribution in [-0.2, 0) is 11.0 Å². The van der Waals surface area contributed by atoms with E-state index in [0.717, 1.165) is 6.07 Å². The molecule has 0 aromatic heterocycles. The Labute approximate surface area is 176 Å². The van der Waals surface area contributed by atoms with Gasteiger partial charge < -0.3 is 16.0 Å². The van der Waals surface area contributed by atoms with E-state index < -0.39 is 23.6 Å². The van der Waals surface area contributed by atoms with E-state index in [1.807, 2.05) is 0 Å². The molecule has 2 aromatic rings. The van der Waals surface area contributed by atoms with E-state index in [0.29, 0.717) is 31.7 Å². The second-order valence-corrected chi connectivity index (χ2v) is 7.10. The molecule has 3 amide bonds. The van der Waals surface area contributed by atoms with Crippen LogP contribution in [0.25, 0.3) is 0 Å². The largest absolute Gasteiger partial charge is 0.418 e. The lowest BCUT2D eigenvalue weighted by molar-refractivity contribution is -0.137. The van der Waals surface area contributed by atoms with Crippen LogP contribution in [0, 0.1) is 0 Å². The van der Waals surface area contributed by atoms with E-state index in [1.165, 1.54) is 30.3 Å². The topological polar surface area (TPSA) is 95.7 Å². The molecule has 0 radical (unpaired) electrons. The third-order valence-corrected chi connectivity index (χ3v) is 4.93. The number of carbonyl (C=O) groups excluding carboxylic acids is 3. The number of anilines is 1. The molecule has 2 aromatic carbocycles. The zero-order chi connectivity index (χ0) is 22.6. The number of halogens is 3. The highest BCUT2D eigenvalue weighted by molar-refractivity contribution is 5.99. The predicted octanol–water partition coefficient (Wildman–Crippen LogP) is 2.20. The maximum Gasteiger partial charge on any atom is 0.418 e. The SMILES string of the molecule is NC(=O)c1cccc(C(=O)N2CCN(CC(=O)Nc3ccccc3C(F)(F)F)CC2)c1. The van der Waals surface area contributed by atoms with Crippen molar-refractivity contribution in [2.24, 2.45) is 5.73 Å². The number of nitrogens with one attached hydrogen (secondary N) is 1. The first-order chi connectivity index (χ1) is 14.6. The zero-order valence-electron chi connectivity index (χ0n) is 16.5. The Morgan fingerprint density at radius 2 is 1.58 bits per heavy atom. The van der Waals surface area contributed by atoms with Crippen LogP contribution < -0.4 is 11.1 Å². The van der Waals surface area contributed by atoms with E-state index in [-0.39, 0.29) is 23.7 Å². The van der Waals surface area contributed by atoms with Gasteiger partial charge in [-0.05, 0) is 30.3 Å². The minimum absolute atomic E-state index is 0.0919. The highest BCUT2D eigenvalue weighted by Gasteiger charge is 2.33. The van der Waals surface area contributed by atoms with Crippen molar-refractivity contribution in [1.82, 2.24) is 9.80 Å². The molecule has 7 nitrogen and oxygen atoms in total. The quantitative estimate of drug-likeness (QED) is 0.754. The van der Waals surface area contributed by atoms with Crippen molar-refractivity contribution < 1.29 is 27.6 Å². The molecule has 0 bridgehead atoms. The van der Waals surface area contributed by atoms with Crippen molar-refractivity contribution in [3.8, 4) is 0 Å². The maximum atomic E-state index is 13.1. The third-order valence-electron chi connectivity index (χ3n) is 4.93. The fourth-order valence-electron chi connectivity index (χ4n) is 3.33. The average molecular weight is 434 g/mol. The van der Waals surface area contributed by atoms with E-state index in [2.05, 4.69) is 5.32 Å². The van der Waals surface area contributed by atoms with Crippen LogP contribution in [0.1, 0.15) is 26.3 Å². The van der Waals surface area contributed by atoms with Gasteiger partial charge in [-0.1, -0.05) is 18.2 Å². The van der Waals surface area contributed by atoms with Crippen LogP contribution in [-0.4, -0.2) is 60.2 Å². The van der Waals surface area contributed by atoms with Gasteiger partial charge in [-0.25, -0.2) is 0 Å². The van der Waals surface area contributed by atoms with Gasteiger partial charge in [0.2, 0.25) is 11.8 Å². The molecule has 1 heterocycles. The molecule has 164 valence electrons.